The van der Waals surface area contributed by atoms with Crippen LogP contribution in [0.5, 0.6) is 0 Å². The minimum absolute atomic E-state index is 0.307. The lowest BCUT2D eigenvalue weighted by atomic mass is 10.3. The summed E-state index contributed by atoms with van der Waals surface area (Å²) in [4.78, 5) is 4.38. The van der Waals surface area contributed by atoms with Gasteiger partial charge in [-0.3, -0.25) is 4.98 Å². The molecule has 1 heterocycles. The van der Waals surface area contributed by atoms with Crippen molar-refractivity contribution < 1.29 is 9.47 Å². The van der Waals surface area contributed by atoms with Gasteiger partial charge in [0.25, 0.3) is 0 Å². The Bertz CT molecular complexity index is 374. The number of methoxy groups -OCH3 is 1. The summed E-state index contributed by atoms with van der Waals surface area (Å²) in [6.45, 7) is 2.81. The van der Waals surface area contributed by atoms with Gasteiger partial charge in [0.15, 0.2) is 0 Å². The van der Waals surface area contributed by atoms with Crippen LogP contribution < -0.4 is 11.1 Å². The third-order valence-electron chi connectivity index (χ3n) is 2.24. The van der Waals surface area contributed by atoms with Gasteiger partial charge < -0.3 is 20.5 Å². The smallest absolute Gasteiger partial charge is 0.122 e. The molecule has 0 atom stereocenters. The van der Waals surface area contributed by atoms with Crippen LogP contribution in [-0.2, 0) is 9.47 Å². The maximum Gasteiger partial charge on any atom is 0.122 e. The molecule has 5 nitrogen and oxygen atoms in total. The molecule has 0 unspecified atom stereocenters. The van der Waals surface area contributed by atoms with Crippen LogP contribution in [0, 0.1) is 0 Å². The molecule has 0 saturated carbocycles. The van der Waals surface area contributed by atoms with Crippen molar-refractivity contribution >= 4 is 22.9 Å². The highest BCUT2D eigenvalue weighted by atomic mass is 32.1. The molecule has 100 valence electrons. The van der Waals surface area contributed by atoms with E-state index in [0.717, 1.165) is 18.7 Å². The van der Waals surface area contributed by atoms with E-state index < -0.39 is 0 Å². The molecule has 0 spiro atoms. The van der Waals surface area contributed by atoms with Gasteiger partial charge in [-0.05, 0) is 18.6 Å². The third kappa shape index (κ3) is 5.90. The first-order chi connectivity index (χ1) is 8.74. The molecular formula is C12H19N3O2S. The summed E-state index contributed by atoms with van der Waals surface area (Å²) in [5.74, 6) is 0. The molecular weight excluding hydrogens is 250 g/mol. The van der Waals surface area contributed by atoms with E-state index in [9.17, 15) is 0 Å². The Labute approximate surface area is 113 Å². The van der Waals surface area contributed by atoms with Crippen molar-refractivity contribution in [3.63, 3.8) is 0 Å². The van der Waals surface area contributed by atoms with Gasteiger partial charge >= 0.3 is 0 Å². The first-order valence-electron chi connectivity index (χ1n) is 5.80. The number of rotatable bonds is 9. The van der Waals surface area contributed by atoms with Gasteiger partial charge in [0.05, 0.1) is 18.9 Å². The number of hydrogen-bond donors (Lipinski definition) is 2. The monoisotopic (exact) mass is 269 g/mol. The maximum atomic E-state index is 5.51. The largest absolute Gasteiger partial charge is 0.388 e. The van der Waals surface area contributed by atoms with Gasteiger partial charge in [0.2, 0.25) is 0 Å². The highest BCUT2D eigenvalue weighted by Gasteiger charge is 1.99. The lowest BCUT2D eigenvalue weighted by Crippen LogP contribution is -2.12. The highest BCUT2D eigenvalue weighted by Crippen LogP contribution is 2.07. The molecule has 0 bridgehead atoms. The molecule has 3 N–H and O–H groups in total. The van der Waals surface area contributed by atoms with Gasteiger partial charge in [-0.2, -0.15) is 0 Å². The van der Waals surface area contributed by atoms with E-state index in [-0.39, 0.29) is 0 Å². The highest BCUT2D eigenvalue weighted by molar-refractivity contribution is 7.80. The Morgan fingerprint density at radius 3 is 3.00 bits per heavy atom. The fourth-order valence-electron chi connectivity index (χ4n) is 1.33. The van der Waals surface area contributed by atoms with Crippen molar-refractivity contribution in [3.05, 3.63) is 24.0 Å². The molecule has 0 saturated heterocycles. The van der Waals surface area contributed by atoms with Gasteiger partial charge in [-0.25, -0.2) is 0 Å². The van der Waals surface area contributed by atoms with Gasteiger partial charge in [0, 0.05) is 32.1 Å². The SMILES string of the molecule is COCCOCCCNc1ccnc(C(N)=S)c1. The van der Waals surface area contributed by atoms with Crippen molar-refractivity contribution in [2.75, 3.05) is 38.8 Å². The summed E-state index contributed by atoms with van der Waals surface area (Å²) in [6.07, 6.45) is 2.61. The van der Waals surface area contributed by atoms with Crippen LogP contribution in [0.4, 0.5) is 5.69 Å². The van der Waals surface area contributed by atoms with Crippen LogP contribution in [0.3, 0.4) is 0 Å². The van der Waals surface area contributed by atoms with Crippen LogP contribution in [0.1, 0.15) is 12.1 Å². The van der Waals surface area contributed by atoms with E-state index in [0.29, 0.717) is 30.5 Å². The number of hydrogen-bond acceptors (Lipinski definition) is 5. The summed E-state index contributed by atoms with van der Waals surface area (Å²) in [6, 6.07) is 3.72. The van der Waals surface area contributed by atoms with Crippen LogP contribution >= 0.6 is 12.2 Å². The Morgan fingerprint density at radius 1 is 1.44 bits per heavy atom. The second kappa shape index (κ2) is 8.79. The normalized spacial score (nSPS) is 10.3. The molecule has 18 heavy (non-hydrogen) atoms. The van der Waals surface area contributed by atoms with Crippen molar-refractivity contribution in [2.24, 2.45) is 5.73 Å². The molecule has 0 aliphatic heterocycles. The molecule has 1 aromatic heterocycles. The van der Waals surface area contributed by atoms with Crippen LogP contribution in [-0.4, -0.2) is 43.4 Å². The van der Waals surface area contributed by atoms with Crippen molar-refractivity contribution in [1.29, 1.82) is 0 Å². The van der Waals surface area contributed by atoms with E-state index in [1.165, 1.54) is 0 Å². The molecule has 0 radical (unpaired) electrons. The fourth-order valence-corrected chi connectivity index (χ4v) is 1.44. The zero-order valence-corrected chi connectivity index (χ0v) is 11.3. The Kier molecular flexibility index (Phi) is 7.24. The summed E-state index contributed by atoms with van der Waals surface area (Å²) < 4.78 is 10.2. The lowest BCUT2D eigenvalue weighted by Gasteiger charge is -2.07. The van der Waals surface area contributed by atoms with Crippen molar-refractivity contribution in [1.82, 2.24) is 4.98 Å². The lowest BCUT2D eigenvalue weighted by molar-refractivity contribution is 0.0705. The first kappa shape index (κ1) is 14.8. The van der Waals surface area contributed by atoms with Crippen molar-refractivity contribution in [3.8, 4) is 0 Å². The van der Waals surface area contributed by atoms with Gasteiger partial charge in [-0.15, -0.1) is 0 Å². The van der Waals surface area contributed by atoms with E-state index in [2.05, 4.69) is 10.3 Å². The third-order valence-corrected chi connectivity index (χ3v) is 2.45. The molecule has 0 aliphatic rings. The minimum atomic E-state index is 0.307. The van der Waals surface area contributed by atoms with E-state index in [1.54, 1.807) is 13.3 Å². The Hall–Kier alpha value is -1.24. The van der Waals surface area contributed by atoms with Crippen molar-refractivity contribution in [2.45, 2.75) is 6.42 Å². The average molecular weight is 269 g/mol. The molecule has 6 heteroatoms. The standard InChI is InChI=1S/C12H19N3O2S/c1-16-7-8-17-6-2-4-14-10-3-5-15-11(9-10)12(13)18/h3,5,9H,2,4,6-8H2,1H3,(H2,13,18)(H,14,15). The topological polar surface area (TPSA) is 69.4 Å². The quantitative estimate of drug-likeness (QED) is 0.518. The molecule has 0 fully saturated rings. The summed E-state index contributed by atoms with van der Waals surface area (Å²) in [5, 5.41) is 3.26. The molecule has 0 amide bonds. The van der Waals surface area contributed by atoms with Crippen LogP contribution in [0.2, 0.25) is 0 Å². The number of pyridine rings is 1. The summed E-state index contributed by atoms with van der Waals surface area (Å²) >= 11 is 4.87. The number of anilines is 1. The van der Waals surface area contributed by atoms with E-state index in [4.69, 9.17) is 27.4 Å². The zero-order valence-electron chi connectivity index (χ0n) is 10.5. The zero-order chi connectivity index (χ0) is 13.2. The second-order valence-electron chi connectivity index (χ2n) is 3.68. The van der Waals surface area contributed by atoms with Gasteiger partial charge in [-0.1, -0.05) is 12.2 Å². The maximum absolute atomic E-state index is 5.51. The van der Waals surface area contributed by atoms with Crippen LogP contribution in [0.15, 0.2) is 18.3 Å². The van der Waals surface area contributed by atoms with Crippen LogP contribution in [0.25, 0.3) is 0 Å². The average Bonchev–Trinajstić information content (AvgIpc) is 2.38. The number of nitrogens with two attached hydrogens (primary N) is 1. The Morgan fingerprint density at radius 2 is 2.28 bits per heavy atom. The number of nitrogens with one attached hydrogen (secondary N) is 1. The first-order valence-corrected chi connectivity index (χ1v) is 6.21. The number of ether oxygens (including phenoxy) is 2. The molecule has 1 aromatic rings. The Balaban J connectivity index is 2.19. The summed E-state index contributed by atoms with van der Waals surface area (Å²) in [5.41, 5.74) is 7.11. The molecule has 0 aromatic carbocycles. The predicted molar refractivity (Wildman–Crippen MR) is 75.9 cm³/mol. The molecule has 0 aliphatic carbocycles. The minimum Gasteiger partial charge on any atom is -0.388 e. The van der Waals surface area contributed by atoms with Gasteiger partial charge in [0.1, 0.15) is 4.99 Å². The summed E-state index contributed by atoms with van der Waals surface area (Å²) in [7, 11) is 1.66. The number of thiocarbonyl (C=S) groups is 1. The second-order valence-corrected chi connectivity index (χ2v) is 4.12. The van der Waals surface area contributed by atoms with E-state index in [1.807, 2.05) is 12.1 Å². The predicted octanol–water partition coefficient (Wildman–Crippen LogP) is 1.18. The number of nitrogens with zero attached hydrogens (tertiary/aromatic N) is 1. The van der Waals surface area contributed by atoms with E-state index >= 15 is 0 Å². The number of aromatic nitrogens is 1. The fraction of sp³-hybridized carbons (Fsp3) is 0.500. The molecule has 1 rings (SSSR count).